The summed E-state index contributed by atoms with van der Waals surface area (Å²) < 4.78 is 27.4. The van der Waals surface area contributed by atoms with Crippen LogP contribution in [0.15, 0.2) is 58.6 Å². The van der Waals surface area contributed by atoms with Crippen LogP contribution < -0.4 is 10.0 Å². The van der Waals surface area contributed by atoms with E-state index in [9.17, 15) is 13.2 Å². The maximum Gasteiger partial charge on any atom is 0.240 e. The van der Waals surface area contributed by atoms with E-state index in [4.69, 9.17) is 0 Å². The lowest BCUT2D eigenvalue weighted by Crippen LogP contribution is -2.30. The van der Waals surface area contributed by atoms with Crippen molar-refractivity contribution in [1.29, 1.82) is 0 Å². The number of amides is 1. The fourth-order valence-corrected chi connectivity index (χ4v) is 4.75. The zero-order chi connectivity index (χ0) is 21.6. The van der Waals surface area contributed by atoms with Gasteiger partial charge in [0.2, 0.25) is 15.9 Å². The Morgan fingerprint density at radius 1 is 1.20 bits per heavy atom. The van der Waals surface area contributed by atoms with Crippen LogP contribution >= 0.6 is 11.8 Å². The first kappa shape index (κ1) is 22.3. The quantitative estimate of drug-likeness (QED) is 0.327. The van der Waals surface area contributed by atoms with Gasteiger partial charge in [0.15, 0.2) is 5.16 Å². The highest BCUT2D eigenvalue weighted by Gasteiger charge is 2.18. The molecule has 3 aromatic rings. The number of hydrogen-bond donors (Lipinski definition) is 3. The van der Waals surface area contributed by atoms with Gasteiger partial charge in [-0.3, -0.25) is 4.79 Å². The van der Waals surface area contributed by atoms with Crippen LogP contribution in [0, 0.1) is 0 Å². The molecule has 2 aromatic carbocycles. The summed E-state index contributed by atoms with van der Waals surface area (Å²) in [6.07, 6.45) is 1.70. The van der Waals surface area contributed by atoms with E-state index >= 15 is 0 Å². The van der Waals surface area contributed by atoms with E-state index in [0.29, 0.717) is 29.3 Å². The molecule has 9 heteroatoms. The molecular formula is C21H26N4O3S2. The third-order valence-electron chi connectivity index (χ3n) is 4.53. The molecule has 3 rings (SSSR count). The second-order valence-corrected chi connectivity index (χ2v) is 10.0. The Bertz CT molecular complexity index is 1100. The number of fused-ring (bicyclic) bond motifs is 1. The number of imidazole rings is 1. The molecule has 160 valence electrons. The van der Waals surface area contributed by atoms with Gasteiger partial charge in [-0.1, -0.05) is 55.4 Å². The molecule has 1 heterocycles. The number of sulfonamides is 1. The predicted octanol–water partition coefficient (Wildman–Crippen LogP) is 3.44. The molecule has 0 saturated heterocycles. The summed E-state index contributed by atoms with van der Waals surface area (Å²) in [6.45, 7) is 4.70. The van der Waals surface area contributed by atoms with Crippen LogP contribution in [-0.4, -0.2) is 36.1 Å². The van der Waals surface area contributed by atoms with Gasteiger partial charge < -0.3 is 10.3 Å². The average Bonchev–Trinajstić information content (AvgIpc) is 3.14. The summed E-state index contributed by atoms with van der Waals surface area (Å²) in [4.78, 5) is 20.2. The molecule has 7 nitrogen and oxygen atoms in total. The Labute approximate surface area is 181 Å². The number of benzene rings is 2. The van der Waals surface area contributed by atoms with Gasteiger partial charge in [-0.05, 0) is 37.1 Å². The first-order chi connectivity index (χ1) is 14.4. The predicted molar refractivity (Wildman–Crippen MR) is 120 cm³/mol. The molecule has 1 aromatic heterocycles. The second-order valence-electron chi connectivity index (χ2n) is 6.94. The highest BCUT2D eigenvalue weighted by molar-refractivity contribution is 8.00. The van der Waals surface area contributed by atoms with Crippen molar-refractivity contribution >= 4 is 38.7 Å². The monoisotopic (exact) mass is 446 g/mol. The van der Waals surface area contributed by atoms with Gasteiger partial charge in [-0.2, -0.15) is 0 Å². The van der Waals surface area contributed by atoms with Crippen LogP contribution in [0.2, 0.25) is 0 Å². The lowest BCUT2D eigenvalue weighted by Gasteiger charge is -2.10. The van der Waals surface area contributed by atoms with Crippen molar-refractivity contribution < 1.29 is 13.2 Å². The zero-order valence-electron chi connectivity index (χ0n) is 17.0. The normalized spacial score (nSPS) is 12.7. The van der Waals surface area contributed by atoms with Crippen molar-refractivity contribution in [2.75, 3.05) is 6.54 Å². The summed E-state index contributed by atoms with van der Waals surface area (Å²) in [5.41, 5.74) is 2.31. The number of hydrogen-bond acceptors (Lipinski definition) is 5. The molecule has 1 atom stereocenters. The van der Waals surface area contributed by atoms with Gasteiger partial charge in [0.25, 0.3) is 0 Å². The molecule has 0 aliphatic rings. The number of carbonyl (C=O) groups is 1. The number of unbranched alkanes of at least 4 members (excludes halogenated alkanes) is 1. The third kappa shape index (κ3) is 5.84. The fraction of sp³-hybridized carbons (Fsp3) is 0.333. The van der Waals surface area contributed by atoms with Gasteiger partial charge in [0, 0.05) is 13.1 Å². The van der Waals surface area contributed by atoms with E-state index in [1.54, 1.807) is 18.2 Å². The lowest BCUT2D eigenvalue weighted by atomic mass is 10.2. The molecule has 0 spiro atoms. The minimum absolute atomic E-state index is 0.0901. The van der Waals surface area contributed by atoms with Crippen molar-refractivity contribution in [3.8, 4) is 0 Å². The van der Waals surface area contributed by atoms with Crippen LogP contribution in [0.5, 0.6) is 0 Å². The molecule has 1 amide bonds. The van der Waals surface area contributed by atoms with E-state index in [1.165, 1.54) is 11.8 Å². The summed E-state index contributed by atoms with van der Waals surface area (Å²) in [6, 6.07) is 14.5. The van der Waals surface area contributed by atoms with E-state index < -0.39 is 10.0 Å². The number of H-pyrrole nitrogens is 1. The Morgan fingerprint density at radius 3 is 2.70 bits per heavy atom. The van der Waals surface area contributed by atoms with E-state index in [0.717, 1.165) is 18.4 Å². The first-order valence-electron chi connectivity index (χ1n) is 9.87. The van der Waals surface area contributed by atoms with Crippen molar-refractivity contribution in [2.24, 2.45) is 0 Å². The minimum atomic E-state index is -3.55. The second kappa shape index (κ2) is 10.1. The maximum absolute atomic E-state index is 12.4. The summed E-state index contributed by atoms with van der Waals surface area (Å²) in [5.74, 6) is -0.0901. The van der Waals surface area contributed by atoms with Gasteiger partial charge in [0.05, 0.1) is 21.2 Å². The molecule has 0 fully saturated rings. The number of carbonyl (C=O) groups excluding carboxylic acids is 1. The van der Waals surface area contributed by atoms with E-state index in [-0.39, 0.29) is 16.1 Å². The maximum atomic E-state index is 12.4. The van der Waals surface area contributed by atoms with Crippen molar-refractivity contribution in [3.05, 3.63) is 54.1 Å². The number of rotatable bonds is 10. The third-order valence-corrected chi connectivity index (χ3v) is 6.97. The average molecular weight is 447 g/mol. The standard InChI is InChI=1S/C21H26N4O3S2/c1-3-4-12-23-30(27,28)17-10-11-18-19(13-17)25-21(24-18)29-15(2)20(26)22-14-16-8-6-5-7-9-16/h5-11,13,15,23H,3-4,12,14H2,1-2H3,(H,22,26)(H,24,25)/t15-/m1/s1. The summed E-state index contributed by atoms with van der Waals surface area (Å²) in [7, 11) is -3.55. The van der Waals surface area contributed by atoms with Crippen molar-refractivity contribution in [2.45, 2.75) is 48.5 Å². The van der Waals surface area contributed by atoms with Crippen LogP contribution in [0.1, 0.15) is 32.3 Å². The summed E-state index contributed by atoms with van der Waals surface area (Å²) >= 11 is 1.30. The Balaban J connectivity index is 1.64. The molecule has 0 bridgehead atoms. The van der Waals surface area contributed by atoms with Crippen LogP contribution in [0.3, 0.4) is 0 Å². The molecule has 0 radical (unpaired) electrons. The zero-order valence-corrected chi connectivity index (χ0v) is 18.6. The molecular weight excluding hydrogens is 420 g/mol. The molecule has 30 heavy (non-hydrogen) atoms. The number of nitrogens with one attached hydrogen (secondary N) is 3. The van der Waals surface area contributed by atoms with Gasteiger partial charge >= 0.3 is 0 Å². The van der Waals surface area contributed by atoms with Crippen LogP contribution in [0.25, 0.3) is 11.0 Å². The SMILES string of the molecule is CCCCNS(=O)(=O)c1ccc2nc(S[C@H](C)C(=O)NCc3ccccc3)[nH]c2c1. The molecule has 0 unspecified atom stereocenters. The smallest absolute Gasteiger partial charge is 0.240 e. The Kier molecular flexibility index (Phi) is 7.52. The summed E-state index contributed by atoms with van der Waals surface area (Å²) in [5, 5.41) is 3.13. The van der Waals surface area contributed by atoms with Gasteiger partial charge in [0.1, 0.15) is 0 Å². The molecule has 3 N–H and O–H groups in total. The van der Waals surface area contributed by atoms with Crippen molar-refractivity contribution in [1.82, 2.24) is 20.0 Å². The molecule has 0 saturated carbocycles. The highest BCUT2D eigenvalue weighted by Crippen LogP contribution is 2.25. The topological polar surface area (TPSA) is 104 Å². The Hall–Kier alpha value is -2.36. The largest absolute Gasteiger partial charge is 0.351 e. The Morgan fingerprint density at radius 2 is 1.97 bits per heavy atom. The fourth-order valence-electron chi connectivity index (χ4n) is 2.80. The first-order valence-corrected chi connectivity index (χ1v) is 12.2. The number of nitrogens with zero attached hydrogens (tertiary/aromatic N) is 1. The van der Waals surface area contributed by atoms with Gasteiger partial charge in [-0.25, -0.2) is 18.1 Å². The van der Waals surface area contributed by atoms with E-state index in [1.807, 2.05) is 44.2 Å². The highest BCUT2D eigenvalue weighted by atomic mass is 32.2. The van der Waals surface area contributed by atoms with Crippen LogP contribution in [-0.2, 0) is 21.4 Å². The van der Waals surface area contributed by atoms with Gasteiger partial charge in [-0.15, -0.1) is 0 Å². The molecule has 0 aliphatic heterocycles. The van der Waals surface area contributed by atoms with Crippen LogP contribution in [0.4, 0.5) is 0 Å². The number of aromatic amines is 1. The molecule has 0 aliphatic carbocycles. The van der Waals surface area contributed by atoms with E-state index in [2.05, 4.69) is 20.0 Å². The van der Waals surface area contributed by atoms with Crippen molar-refractivity contribution in [3.63, 3.8) is 0 Å². The number of aromatic nitrogens is 2. The minimum Gasteiger partial charge on any atom is -0.351 e. The number of thioether (sulfide) groups is 1. The lowest BCUT2D eigenvalue weighted by molar-refractivity contribution is -0.120.